The molecule has 66 valence electrons. The first kappa shape index (κ1) is 9.05. The van der Waals surface area contributed by atoms with Crippen molar-refractivity contribution < 1.29 is 0 Å². The van der Waals surface area contributed by atoms with Gasteiger partial charge in [0.05, 0.1) is 0 Å². The molecule has 0 bridgehead atoms. The van der Waals surface area contributed by atoms with Gasteiger partial charge >= 0.3 is 0 Å². The molecule has 0 heterocycles. The van der Waals surface area contributed by atoms with E-state index >= 15 is 0 Å². The van der Waals surface area contributed by atoms with Crippen molar-refractivity contribution >= 4 is 0 Å². The zero-order valence-corrected chi connectivity index (χ0v) is 8.14. The molecule has 1 aliphatic carbocycles. The average Bonchev–Trinajstić information content (AvgIpc) is 1.93. The Morgan fingerprint density at radius 2 is 1.64 bits per heavy atom. The zero-order valence-electron chi connectivity index (χ0n) is 8.14. The summed E-state index contributed by atoms with van der Waals surface area (Å²) in [6.07, 6.45) is 5.83. The summed E-state index contributed by atoms with van der Waals surface area (Å²) in [6.45, 7) is 3.68. The molecule has 1 fully saturated rings. The molecule has 1 aliphatic rings. The summed E-state index contributed by atoms with van der Waals surface area (Å²) in [7, 11) is 4.36. The summed E-state index contributed by atoms with van der Waals surface area (Å²) < 4.78 is 0. The molecule has 1 heteroatoms. The summed E-state index contributed by atoms with van der Waals surface area (Å²) in [5, 5.41) is 0. The fourth-order valence-corrected chi connectivity index (χ4v) is 2.03. The molecule has 0 spiro atoms. The van der Waals surface area contributed by atoms with Crippen LogP contribution in [0.5, 0.6) is 0 Å². The average molecular weight is 155 g/mol. The van der Waals surface area contributed by atoms with E-state index in [-0.39, 0.29) is 0 Å². The van der Waals surface area contributed by atoms with Crippen molar-refractivity contribution in [2.75, 3.05) is 20.6 Å². The minimum atomic E-state index is 0.987. The molecule has 0 unspecified atom stereocenters. The summed E-state index contributed by atoms with van der Waals surface area (Å²) in [6, 6.07) is 0. The summed E-state index contributed by atoms with van der Waals surface area (Å²) in [5.41, 5.74) is 0. The van der Waals surface area contributed by atoms with E-state index in [1.807, 2.05) is 0 Å². The highest BCUT2D eigenvalue weighted by atomic mass is 15.1. The monoisotopic (exact) mass is 155 g/mol. The first-order valence-corrected chi connectivity index (χ1v) is 4.83. The van der Waals surface area contributed by atoms with E-state index in [2.05, 4.69) is 25.9 Å². The Morgan fingerprint density at radius 3 is 2.09 bits per heavy atom. The standard InChI is InChI=1S/C10H21N/c1-9-4-6-10(7-5-9)8-11(2)3/h9-10H,4-8H2,1-3H3/t9-,10-. The SMILES string of the molecule is CN(C)C[C@H]1CC[C@H](C)CC1. The van der Waals surface area contributed by atoms with Crippen LogP contribution in [0, 0.1) is 11.8 Å². The molecule has 1 nitrogen and oxygen atoms in total. The fourth-order valence-electron chi connectivity index (χ4n) is 2.03. The fraction of sp³-hybridized carbons (Fsp3) is 1.00. The van der Waals surface area contributed by atoms with E-state index < -0.39 is 0 Å². The Morgan fingerprint density at radius 1 is 1.09 bits per heavy atom. The number of nitrogens with zero attached hydrogens (tertiary/aromatic N) is 1. The number of hydrogen-bond acceptors (Lipinski definition) is 1. The van der Waals surface area contributed by atoms with E-state index in [0.717, 1.165) is 11.8 Å². The van der Waals surface area contributed by atoms with Gasteiger partial charge in [-0.1, -0.05) is 19.8 Å². The maximum Gasteiger partial charge on any atom is 0.000356 e. The smallest absolute Gasteiger partial charge is 0.000356 e. The van der Waals surface area contributed by atoms with Gasteiger partial charge in [-0.2, -0.15) is 0 Å². The van der Waals surface area contributed by atoms with Gasteiger partial charge in [-0.05, 0) is 38.8 Å². The van der Waals surface area contributed by atoms with Crippen molar-refractivity contribution in [3.63, 3.8) is 0 Å². The Labute approximate surface area is 70.8 Å². The normalized spacial score (nSPS) is 32.7. The Balaban J connectivity index is 2.17. The third kappa shape index (κ3) is 3.24. The molecule has 1 saturated carbocycles. The van der Waals surface area contributed by atoms with Crippen LogP contribution in [0.1, 0.15) is 32.6 Å². The largest absolute Gasteiger partial charge is 0.309 e. The maximum atomic E-state index is 2.38. The third-order valence-electron chi connectivity index (χ3n) is 2.76. The van der Waals surface area contributed by atoms with Crippen molar-refractivity contribution in [1.82, 2.24) is 4.90 Å². The molecule has 0 saturated heterocycles. The quantitative estimate of drug-likeness (QED) is 0.592. The predicted molar refractivity (Wildman–Crippen MR) is 49.7 cm³/mol. The highest BCUT2D eigenvalue weighted by Crippen LogP contribution is 2.28. The van der Waals surface area contributed by atoms with Crippen molar-refractivity contribution in [2.45, 2.75) is 32.6 Å². The van der Waals surface area contributed by atoms with Gasteiger partial charge < -0.3 is 4.90 Å². The van der Waals surface area contributed by atoms with E-state index in [9.17, 15) is 0 Å². The van der Waals surface area contributed by atoms with Crippen LogP contribution < -0.4 is 0 Å². The Kier molecular flexibility index (Phi) is 3.38. The Bertz CT molecular complexity index is 101. The molecular formula is C10H21N. The lowest BCUT2D eigenvalue weighted by Gasteiger charge is -2.28. The van der Waals surface area contributed by atoms with E-state index in [4.69, 9.17) is 0 Å². The lowest BCUT2D eigenvalue weighted by Crippen LogP contribution is -2.25. The van der Waals surface area contributed by atoms with Crippen LogP contribution in [0.4, 0.5) is 0 Å². The van der Waals surface area contributed by atoms with Crippen molar-refractivity contribution in [3.8, 4) is 0 Å². The lowest BCUT2D eigenvalue weighted by atomic mass is 9.83. The molecule has 0 aromatic heterocycles. The van der Waals surface area contributed by atoms with Gasteiger partial charge in [0.15, 0.2) is 0 Å². The molecule has 11 heavy (non-hydrogen) atoms. The van der Waals surface area contributed by atoms with Crippen molar-refractivity contribution in [2.24, 2.45) is 11.8 Å². The molecule has 0 aromatic carbocycles. The second-order valence-electron chi connectivity index (χ2n) is 4.39. The van der Waals surface area contributed by atoms with E-state index in [1.165, 1.54) is 32.2 Å². The minimum Gasteiger partial charge on any atom is -0.309 e. The second-order valence-corrected chi connectivity index (χ2v) is 4.39. The topological polar surface area (TPSA) is 3.24 Å². The minimum absolute atomic E-state index is 0.987. The highest BCUT2D eigenvalue weighted by molar-refractivity contribution is 4.71. The highest BCUT2D eigenvalue weighted by Gasteiger charge is 2.17. The predicted octanol–water partition coefficient (Wildman–Crippen LogP) is 2.37. The molecule has 0 aliphatic heterocycles. The number of hydrogen-bond donors (Lipinski definition) is 0. The van der Waals surface area contributed by atoms with Gasteiger partial charge in [0.1, 0.15) is 0 Å². The molecule has 0 atom stereocenters. The van der Waals surface area contributed by atoms with Crippen LogP contribution in [0.3, 0.4) is 0 Å². The summed E-state index contributed by atoms with van der Waals surface area (Å²) >= 11 is 0. The summed E-state index contributed by atoms with van der Waals surface area (Å²) in [4.78, 5) is 2.32. The summed E-state index contributed by atoms with van der Waals surface area (Å²) in [5.74, 6) is 1.98. The van der Waals surface area contributed by atoms with E-state index in [0.29, 0.717) is 0 Å². The van der Waals surface area contributed by atoms with Crippen molar-refractivity contribution in [3.05, 3.63) is 0 Å². The van der Waals surface area contributed by atoms with Gasteiger partial charge in [0, 0.05) is 6.54 Å². The number of rotatable bonds is 2. The van der Waals surface area contributed by atoms with Crippen LogP contribution in [-0.4, -0.2) is 25.5 Å². The third-order valence-corrected chi connectivity index (χ3v) is 2.76. The molecular weight excluding hydrogens is 134 g/mol. The van der Waals surface area contributed by atoms with Crippen LogP contribution in [0.25, 0.3) is 0 Å². The maximum absolute atomic E-state index is 2.38. The zero-order chi connectivity index (χ0) is 8.27. The Hall–Kier alpha value is -0.0400. The van der Waals surface area contributed by atoms with Crippen molar-refractivity contribution in [1.29, 1.82) is 0 Å². The van der Waals surface area contributed by atoms with Gasteiger partial charge in [0.2, 0.25) is 0 Å². The van der Waals surface area contributed by atoms with Gasteiger partial charge in [-0.3, -0.25) is 0 Å². The van der Waals surface area contributed by atoms with Crippen LogP contribution in [0.15, 0.2) is 0 Å². The molecule has 0 N–H and O–H groups in total. The first-order chi connectivity index (χ1) is 5.18. The van der Waals surface area contributed by atoms with Crippen LogP contribution >= 0.6 is 0 Å². The van der Waals surface area contributed by atoms with Crippen LogP contribution in [-0.2, 0) is 0 Å². The van der Waals surface area contributed by atoms with Crippen LogP contribution in [0.2, 0.25) is 0 Å². The van der Waals surface area contributed by atoms with Gasteiger partial charge in [-0.15, -0.1) is 0 Å². The molecule has 1 rings (SSSR count). The van der Waals surface area contributed by atoms with E-state index in [1.54, 1.807) is 0 Å². The first-order valence-electron chi connectivity index (χ1n) is 4.83. The molecule has 0 aromatic rings. The molecule has 0 radical (unpaired) electrons. The van der Waals surface area contributed by atoms with Gasteiger partial charge in [0.25, 0.3) is 0 Å². The lowest BCUT2D eigenvalue weighted by molar-refractivity contribution is 0.231. The second kappa shape index (κ2) is 4.10. The molecule has 0 amide bonds. The van der Waals surface area contributed by atoms with Gasteiger partial charge in [-0.25, -0.2) is 0 Å².